The van der Waals surface area contributed by atoms with Gasteiger partial charge in [0.1, 0.15) is 22.7 Å². The molecule has 180 valence electrons. The van der Waals surface area contributed by atoms with Gasteiger partial charge < -0.3 is 23.5 Å². The number of ether oxygens (including phenoxy) is 1. The molecule has 5 rings (SSSR count). The van der Waals surface area contributed by atoms with Crippen LogP contribution in [0.5, 0.6) is 5.75 Å². The highest BCUT2D eigenvalue weighted by Crippen LogP contribution is 2.23. The number of methoxy groups -OCH3 is 1. The van der Waals surface area contributed by atoms with Crippen molar-refractivity contribution in [2.24, 2.45) is 0 Å². The van der Waals surface area contributed by atoms with E-state index in [2.05, 4.69) is 10.2 Å². The monoisotopic (exact) mass is 475 g/mol. The van der Waals surface area contributed by atoms with Gasteiger partial charge in [-0.15, -0.1) is 0 Å². The summed E-state index contributed by atoms with van der Waals surface area (Å²) in [7, 11) is 1.44. The number of benzene rings is 1. The Bertz CT molecular complexity index is 1490. The molecule has 1 amide bonds. The van der Waals surface area contributed by atoms with Crippen molar-refractivity contribution in [1.29, 1.82) is 0 Å². The van der Waals surface area contributed by atoms with Crippen LogP contribution in [-0.2, 0) is 26.1 Å². The van der Waals surface area contributed by atoms with E-state index in [0.29, 0.717) is 66.2 Å². The van der Waals surface area contributed by atoms with Crippen molar-refractivity contribution < 1.29 is 18.4 Å². The Morgan fingerprint density at radius 3 is 2.74 bits per heavy atom. The van der Waals surface area contributed by atoms with E-state index in [9.17, 15) is 14.4 Å². The van der Waals surface area contributed by atoms with Gasteiger partial charge in [0.2, 0.25) is 0 Å². The van der Waals surface area contributed by atoms with Gasteiger partial charge in [-0.1, -0.05) is 12.1 Å². The summed E-state index contributed by atoms with van der Waals surface area (Å²) in [6.07, 6.45) is 3.49. The van der Waals surface area contributed by atoms with Gasteiger partial charge in [-0.2, -0.15) is 0 Å². The van der Waals surface area contributed by atoms with Crippen molar-refractivity contribution in [3.8, 4) is 5.75 Å². The first-order valence-corrected chi connectivity index (χ1v) is 11.4. The van der Waals surface area contributed by atoms with E-state index in [4.69, 9.17) is 13.6 Å². The smallest absolute Gasteiger partial charge is 0.257 e. The molecule has 1 aromatic carbocycles. The molecular formula is C26H25N3O6. The molecule has 9 heteroatoms. The first-order valence-electron chi connectivity index (χ1n) is 11.4. The van der Waals surface area contributed by atoms with Crippen molar-refractivity contribution in [1.82, 2.24) is 14.8 Å². The fourth-order valence-electron chi connectivity index (χ4n) is 4.49. The number of hydrogen-bond donors (Lipinski definition) is 1. The molecule has 9 nitrogen and oxygen atoms in total. The van der Waals surface area contributed by atoms with Gasteiger partial charge in [-0.3, -0.25) is 19.3 Å². The average Bonchev–Trinajstić information content (AvgIpc) is 3.31. The summed E-state index contributed by atoms with van der Waals surface area (Å²) >= 11 is 0. The quantitative estimate of drug-likeness (QED) is 0.457. The fraction of sp³-hybridized carbons (Fsp3) is 0.269. The van der Waals surface area contributed by atoms with Crippen LogP contribution in [-0.4, -0.2) is 35.6 Å². The van der Waals surface area contributed by atoms with Crippen LogP contribution in [0.25, 0.3) is 11.0 Å². The standard InChI is InChI=1S/C26H25N3O6/c1-33-22-13-23(30)29-11-10-28(15-17-16-35-21-7-3-2-6-19(21)25(17)31)9-8-20(29)24(22)26(32)27-14-18-5-4-12-34-18/h2-7,12-13,16H,8-11,14-15H2,1H3,(H,27,32). The molecule has 0 bridgehead atoms. The van der Waals surface area contributed by atoms with Crippen LogP contribution in [0.2, 0.25) is 0 Å². The Labute approximate surface area is 200 Å². The van der Waals surface area contributed by atoms with Crippen molar-refractivity contribution in [2.45, 2.75) is 26.1 Å². The minimum atomic E-state index is -0.342. The van der Waals surface area contributed by atoms with E-state index < -0.39 is 0 Å². The van der Waals surface area contributed by atoms with Crippen molar-refractivity contribution >= 4 is 16.9 Å². The number of aromatic nitrogens is 1. The molecule has 1 N–H and O–H groups in total. The number of fused-ring (bicyclic) bond motifs is 2. The highest BCUT2D eigenvalue weighted by atomic mass is 16.5. The molecule has 0 aliphatic carbocycles. The predicted octanol–water partition coefficient (Wildman–Crippen LogP) is 2.54. The molecule has 4 heterocycles. The molecule has 0 unspecified atom stereocenters. The minimum absolute atomic E-state index is 0.0644. The maximum atomic E-state index is 13.1. The summed E-state index contributed by atoms with van der Waals surface area (Å²) in [6, 6.07) is 12.0. The number of amides is 1. The number of nitrogens with one attached hydrogen (secondary N) is 1. The number of para-hydroxylation sites is 1. The topological polar surface area (TPSA) is 107 Å². The zero-order valence-corrected chi connectivity index (χ0v) is 19.3. The normalized spacial score (nSPS) is 13.9. The number of furan rings is 1. The summed E-state index contributed by atoms with van der Waals surface area (Å²) in [5, 5.41) is 3.39. The van der Waals surface area contributed by atoms with Crippen LogP contribution in [0.15, 0.2) is 73.4 Å². The summed E-state index contributed by atoms with van der Waals surface area (Å²) in [5.41, 5.74) is 1.76. The third-order valence-electron chi connectivity index (χ3n) is 6.28. The highest BCUT2D eigenvalue weighted by molar-refractivity contribution is 5.98. The summed E-state index contributed by atoms with van der Waals surface area (Å²) in [5.74, 6) is 0.518. The average molecular weight is 476 g/mol. The zero-order valence-electron chi connectivity index (χ0n) is 19.3. The van der Waals surface area contributed by atoms with Crippen LogP contribution in [0.3, 0.4) is 0 Å². The molecule has 35 heavy (non-hydrogen) atoms. The van der Waals surface area contributed by atoms with Crippen LogP contribution in [0.1, 0.15) is 27.4 Å². The molecule has 4 aromatic rings. The van der Waals surface area contributed by atoms with Gasteiger partial charge in [0.15, 0.2) is 5.43 Å². The summed E-state index contributed by atoms with van der Waals surface area (Å²) < 4.78 is 18.0. The van der Waals surface area contributed by atoms with E-state index in [1.807, 2.05) is 12.1 Å². The second-order valence-corrected chi connectivity index (χ2v) is 8.40. The van der Waals surface area contributed by atoms with Crippen LogP contribution < -0.4 is 21.0 Å². The van der Waals surface area contributed by atoms with Gasteiger partial charge in [0.05, 0.1) is 31.6 Å². The maximum absolute atomic E-state index is 13.1. The summed E-state index contributed by atoms with van der Waals surface area (Å²) in [4.78, 5) is 41.0. The third-order valence-corrected chi connectivity index (χ3v) is 6.28. The van der Waals surface area contributed by atoms with Gasteiger partial charge >= 0.3 is 0 Å². The van der Waals surface area contributed by atoms with E-state index in [1.54, 1.807) is 35.1 Å². The molecule has 0 saturated heterocycles. The lowest BCUT2D eigenvalue weighted by atomic mass is 10.1. The number of pyridine rings is 1. The molecule has 0 saturated carbocycles. The Morgan fingerprint density at radius 1 is 1.09 bits per heavy atom. The largest absolute Gasteiger partial charge is 0.496 e. The zero-order chi connectivity index (χ0) is 24.4. The van der Waals surface area contributed by atoms with E-state index >= 15 is 0 Å². The van der Waals surface area contributed by atoms with E-state index in [-0.39, 0.29) is 29.2 Å². The second kappa shape index (κ2) is 9.63. The second-order valence-electron chi connectivity index (χ2n) is 8.40. The molecule has 0 radical (unpaired) electrons. The number of hydrogen-bond acceptors (Lipinski definition) is 7. The highest BCUT2D eigenvalue weighted by Gasteiger charge is 2.25. The Balaban J connectivity index is 1.40. The van der Waals surface area contributed by atoms with Crippen LogP contribution >= 0.6 is 0 Å². The molecule has 0 spiro atoms. The van der Waals surface area contributed by atoms with Gasteiger partial charge in [-0.25, -0.2) is 0 Å². The number of carbonyl (C=O) groups is 1. The fourth-order valence-corrected chi connectivity index (χ4v) is 4.49. The van der Waals surface area contributed by atoms with E-state index in [0.717, 1.165) is 0 Å². The SMILES string of the molecule is COc1cc(=O)n2c(c1C(=O)NCc1ccco1)CCN(Cc1coc3ccccc3c1=O)CC2. The lowest BCUT2D eigenvalue weighted by Crippen LogP contribution is -2.31. The lowest BCUT2D eigenvalue weighted by Gasteiger charge is -2.18. The van der Waals surface area contributed by atoms with Crippen LogP contribution in [0.4, 0.5) is 0 Å². The Hall–Kier alpha value is -4.11. The van der Waals surface area contributed by atoms with Crippen molar-refractivity contribution in [2.75, 3.05) is 20.2 Å². The molecular weight excluding hydrogens is 450 g/mol. The van der Waals surface area contributed by atoms with Crippen LogP contribution in [0, 0.1) is 0 Å². The molecule has 1 aliphatic heterocycles. The third kappa shape index (κ3) is 4.50. The first kappa shape index (κ1) is 22.7. The minimum Gasteiger partial charge on any atom is -0.496 e. The molecule has 3 aromatic heterocycles. The van der Waals surface area contributed by atoms with Gasteiger partial charge in [-0.05, 0) is 24.3 Å². The van der Waals surface area contributed by atoms with Gasteiger partial charge in [0, 0.05) is 49.9 Å². The maximum Gasteiger partial charge on any atom is 0.257 e. The van der Waals surface area contributed by atoms with E-state index in [1.165, 1.54) is 19.4 Å². The van der Waals surface area contributed by atoms with Crippen molar-refractivity contribution in [3.05, 3.63) is 98.1 Å². The lowest BCUT2D eigenvalue weighted by molar-refractivity contribution is 0.0942. The molecule has 0 atom stereocenters. The molecule has 0 fully saturated rings. The predicted molar refractivity (Wildman–Crippen MR) is 129 cm³/mol. The number of rotatable bonds is 6. The Kier molecular flexibility index (Phi) is 6.24. The Morgan fingerprint density at radius 2 is 1.94 bits per heavy atom. The molecule has 1 aliphatic rings. The van der Waals surface area contributed by atoms with Gasteiger partial charge in [0.25, 0.3) is 11.5 Å². The first-order chi connectivity index (χ1) is 17.0. The number of carbonyl (C=O) groups excluding carboxylic acids is 1. The van der Waals surface area contributed by atoms with Crippen molar-refractivity contribution in [3.63, 3.8) is 0 Å². The summed E-state index contributed by atoms with van der Waals surface area (Å²) in [6.45, 7) is 2.08. The number of nitrogens with zero attached hydrogens (tertiary/aromatic N) is 2.